The van der Waals surface area contributed by atoms with Gasteiger partial charge in [-0.2, -0.15) is 0 Å². The molecule has 1 aliphatic heterocycles. The first-order chi connectivity index (χ1) is 21.0. The molecule has 4 atom stereocenters. The molecule has 0 bridgehead atoms. The molecule has 0 saturated heterocycles. The number of fused-ring (bicyclic) bond motifs is 1. The third-order valence-corrected chi connectivity index (χ3v) is 9.16. The predicted molar refractivity (Wildman–Crippen MR) is 161 cm³/mol. The molecule has 2 N–H and O–H groups in total. The fourth-order valence-corrected chi connectivity index (χ4v) is 7.13. The van der Waals surface area contributed by atoms with Gasteiger partial charge in [0.05, 0.1) is 31.5 Å². The Balaban J connectivity index is 1.52. The van der Waals surface area contributed by atoms with Crippen LogP contribution in [0, 0.1) is 0 Å². The van der Waals surface area contributed by atoms with Crippen molar-refractivity contribution in [1.82, 2.24) is 24.7 Å². The molecule has 234 valence electrons. The number of halogens is 1. The number of sulfonamides is 1. The molecule has 5 rings (SSSR count). The Hall–Kier alpha value is -3.78. The van der Waals surface area contributed by atoms with Crippen molar-refractivity contribution in [2.75, 3.05) is 13.4 Å². The number of imidazole rings is 1. The fraction of sp³-hybridized carbons (Fsp3) is 0.400. The molecule has 1 fully saturated rings. The lowest BCUT2D eigenvalue weighted by Crippen LogP contribution is -2.59. The van der Waals surface area contributed by atoms with Gasteiger partial charge in [0.2, 0.25) is 10.0 Å². The highest BCUT2D eigenvalue weighted by Crippen LogP contribution is 2.46. The van der Waals surface area contributed by atoms with E-state index in [2.05, 4.69) is 15.2 Å². The van der Waals surface area contributed by atoms with Crippen molar-refractivity contribution in [3.05, 3.63) is 88.0 Å². The van der Waals surface area contributed by atoms with Crippen LogP contribution in [0.1, 0.15) is 75.4 Å². The van der Waals surface area contributed by atoms with Crippen LogP contribution in [0.2, 0.25) is 5.02 Å². The summed E-state index contributed by atoms with van der Waals surface area (Å²) >= 11 is 6.22. The minimum absolute atomic E-state index is 0.148. The zero-order valence-corrected chi connectivity index (χ0v) is 26.1. The van der Waals surface area contributed by atoms with Gasteiger partial charge in [0.1, 0.15) is 18.1 Å². The second-order valence-electron chi connectivity index (χ2n) is 11.0. The fourth-order valence-electron chi connectivity index (χ4n) is 6.18. The summed E-state index contributed by atoms with van der Waals surface area (Å²) in [6.07, 6.45) is 5.16. The van der Waals surface area contributed by atoms with E-state index < -0.39 is 45.9 Å². The molecule has 1 saturated carbocycles. The molecule has 1 aliphatic carbocycles. The Bertz CT molecular complexity index is 1660. The molecular weight excluding hydrogens is 610 g/mol. The lowest BCUT2D eigenvalue weighted by Gasteiger charge is -2.49. The maximum Gasteiger partial charge on any atom is 0.356 e. The summed E-state index contributed by atoms with van der Waals surface area (Å²) in [5.41, 5.74) is 4.29. The summed E-state index contributed by atoms with van der Waals surface area (Å²) in [6, 6.07) is 12.0. The zero-order chi connectivity index (χ0) is 31.6. The van der Waals surface area contributed by atoms with Crippen LogP contribution >= 0.6 is 11.6 Å². The van der Waals surface area contributed by atoms with Crippen molar-refractivity contribution in [3.63, 3.8) is 0 Å². The molecule has 2 aliphatic rings. The van der Waals surface area contributed by atoms with Gasteiger partial charge in [-0.05, 0) is 42.2 Å². The van der Waals surface area contributed by atoms with Crippen molar-refractivity contribution in [1.29, 1.82) is 0 Å². The highest BCUT2D eigenvalue weighted by molar-refractivity contribution is 7.88. The molecule has 2 heterocycles. The number of benzene rings is 2. The number of amides is 2. The number of carbonyl (C=O) groups excluding carboxylic acids is 3. The number of esters is 1. The Labute approximate surface area is 260 Å². The number of methoxy groups -OCH3 is 1. The van der Waals surface area contributed by atoms with Gasteiger partial charge >= 0.3 is 5.97 Å². The van der Waals surface area contributed by atoms with Gasteiger partial charge in [-0.1, -0.05) is 54.8 Å². The minimum Gasteiger partial charge on any atom is -0.464 e. The zero-order valence-electron chi connectivity index (χ0n) is 24.5. The second-order valence-corrected chi connectivity index (χ2v) is 13.2. The van der Waals surface area contributed by atoms with Gasteiger partial charge < -0.3 is 14.2 Å². The van der Waals surface area contributed by atoms with Crippen molar-refractivity contribution in [2.45, 2.75) is 56.3 Å². The molecule has 2 amide bonds. The Kier molecular flexibility index (Phi) is 9.39. The first-order valence-electron chi connectivity index (χ1n) is 14.1. The molecule has 3 aromatic rings. The van der Waals surface area contributed by atoms with Crippen LogP contribution < -0.4 is 10.2 Å². The van der Waals surface area contributed by atoms with Gasteiger partial charge in [-0.3, -0.25) is 14.4 Å². The summed E-state index contributed by atoms with van der Waals surface area (Å²) in [5.74, 6) is -1.91. The quantitative estimate of drug-likeness (QED) is 0.267. The molecule has 0 radical (unpaired) electrons. The minimum atomic E-state index is -3.58. The van der Waals surface area contributed by atoms with Gasteiger partial charge in [0.25, 0.3) is 11.8 Å². The summed E-state index contributed by atoms with van der Waals surface area (Å²) in [4.78, 5) is 51.8. The number of rotatable bonds is 9. The maximum absolute atomic E-state index is 14.3. The maximum atomic E-state index is 14.3. The molecular formula is C30H34ClN5O7S. The summed E-state index contributed by atoms with van der Waals surface area (Å²) in [5, 5.41) is 0.489. The van der Waals surface area contributed by atoms with Crippen molar-refractivity contribution in [3.8, 4) is 0 Å². The van der Waals surface area contributed by atoms with Crippen molar-refractivity contribution in [2.24, 2.45) is 7.05 Å². The Morgan fingerprint density at radius 2 is 1.80 bits per heavy atom. The first-order valence-corrected chi connectivity index (χ1v) is 16.4. The monoisotopic (exact) mass is 643 g/mol. The average molecular weight is 644 g/mol. The summed E-state index contributed by atoms with van der Waals surface area (Å²) in [7, 11) is -0.683. The number of hydrogen-bond acceptors (Lipinski definition) is 8. The van der Waals surface area contributed by atoms with Gasteiger partial charge in [-0.25, -0.2) is 28.4 Å². The van der Waals surface area contributed by atoms with Gasteiger partial charge in [-0.15, -0.1) is 0 Å². The molecule has 12 nitrogen and oxygen atoms in total. The van der Waals surface area contributed by atoms with Crippen molar-refractivity contribution >= 4 is 39.4 Å². The van der Waals surface area contributed by atoms with Crippen LogP contribution in [0.3, 0.4) is 0 Å². The lowest BCUT2D eigenvalue weighted by atomic mass is 9.76. The number of carbonyl (C=O) groups is 3. The summed E-state index contributed by atoms with van der Waals surface area (Å²) < 4.78 is 33.7. The van der Waals surface area contributed by atoms with E-state index in [1.54, 1.807) is 60.5 Å². The molecule has 0 unspecified atom stereocenters. The largest absolute Gasteiger partial charge is 0.464 e. The smallest absolute Gasteiger partial charge is 0.356 e. The van der Waals surface area contributed by atoms with Crippen LogP contribution in [0.25, 0.3) is 0 Å². The predicted octanol–water partition coefficient (Wildman–Crippen LogP) is 3.25. The van der Waals surface area contributed by atoms with E-state index in [-0.39, 0.29) is 18.2 Å². The SMILES string of the molecule is COC(=O)c1cnc(CONC(=O)[C@@H]2c3ccccc3C(=O)N([C@H]3CCCC[C@@H]3NS(C)(=O)=O)[C@H]2c2ccc(Cl)cc2)n1C. The molecule has 0 spiro atoms. The van der Waals surface area contributed by atoms with Crippen LogP contribution in [-0.4, -0.2) is 66.1 Å². The number of hydrogen-bond donors (Lipinski definition) is 2. The van der Waals surface area contributed by atoms with Crippen molar-refractivity contribution < 1.29 is 32.4 Å². The third-order valence-electron chi connectivity index (χ3n) is 8.18. The van der Waals surface area contributed by atoms with E-state index in [1.165, 1.54) is 17.9 Å². The topological polar surface area (TPSA) is 149 Å². The van der Waals surface area contributed by atoms with Crippen LogP contribution in [0.5, 0.6) is 0 Å². The number of nitrogens with one attached hydrogen (secondary N) is 2. The average Bonchev–Trinajstić information content (AvgIpc) is 3.36. The lowest BCUT2D eigenvalue weighted by molar-refractivity contribution is -0.138. The highest BCUT2D eigenvalue weighted by atomic mass is 35.5. The normalized spacial score (nSPS) is 21.9. The van der Waals surface area contributed by atoms with E-state index in [0.717, 1.165) is 19.1 Å². The van der Waals surface area contributed by atoms with Crippen LogP contribution in [0.4, 0.5) is 0 Å². The van der Waals surface area contributed by atoms with E-state index in [1.807, 2.05) is 0 Å². The Morgan fingerprint density at radius 3 is 2.50 bits per heavy atom. The number of hydroxylamine groups is 1. The third kappa shape index (κ3) is 6.50. The molecule has 1 aromatic heterocycles. The van der Waals surface area contributed by atoms with Gasteiger partial charge in [0, 0.05) is 29.7 Å². The molecule has 14 heteroatoms. The van der Waals surface area contributed by atoms with E-state index in [9.17, 15) is 22.8 Å². The second kappa shape index (κ2) is 13.1. The Morgan fingerprint density at radius 1 is 1.09 bits per heavy atom. The van der Waals surface area contributed by atoms with E-state index in [0.29, 0.717) is 40.4 Å². The summed E-state index contributed by atoms with van der Waals surface area (Å²) in [6.45, 7) is -0.148. The van der Waals surface area contributed by atoms with E-state index in [4.69, 9.17) is 21.2 Å². The number of aromatic nitrogens is 2. The first kappa shape index (κ1) is 31.6. The molecule has 44 heavy (non-hydrogen) atoms. The molecule has 2 aromatic carbocycles. The highest BCUT2D eigenvalue weighted by Gasteiger charge is 2.49. The van der Waals surface area contributed by atoms with Gasteiger partial charge in [0.15, 0.2) is 0 Å². The number of ether oxygens (including phenoxy) is 1. The standard InChI is InChI=1S/C30H34ClN5O7S/c1-35-24(30(39)42-2)16-32-25(35)17-43-33-28(37)26-20-8-4-5-9-21(20)29(38)36(27(26)18-12-14-19(31)15-13-18)23-11-7-6-10-22(23)34-44(3,40)41/h4-5,8-9,12-16,22-23,26-27,34H,6-7,10-11,17H2,1-3H3,(H,33,37)/t22-,23-,26+,27-/m0/s1. The number of nitrogens with zero attached hydrogens (tertiary/aromatic N) is 3. The van der Waals surface area contributed by atoms with Crippen LogP contribution in [0.15, 0.2) is 54.7 Å². The van der Waals surface area contributed by atoms with E-state index >= 15 is 0 Å². The van der Waals surface area contributed by atoms with Crippen LogP contribution in [-0.2, 0) is 38.0 Å².